The maximum absolute atomic E-state index is 5.81. The van der Waals surface area contributed by atoms with Crippen LogP contribution in [-0.2, 0) is 0 Å². The van der Waals surface area contributed by atoms with Gasteiger partial charge in [0.15, 0.2) is 5.82 Å². The molecular weight excluding hydrogens is 389 g/mol. The van der Waals surface area contributed by atoms with Crippen molar-refractivity contribution in [2.45, 2.75) is 6.92 Å². The van der Waals surface area contributed by atoms with Crippen LogP contribution in [0.15, 0.2) is 15.9 Å². The van der Waals surface area contributed by atoms with E-state index in [9.17, 15) is 0 Å². The summed E-state index contributed by atoms with van der Waals surface area (Å²) in [4.78, 5) is 9.71. The van der Waals surface area contributed by atoms with Crippen LogP contribution < -0.4 is 5.73 Å². The summed E-state index contributed by atoms with van der Waals surface area (Å²) in [7, 11) is 0. The molecule has 0 aliphatic carbocycles. The van der Waals surface area contributed by atoms with Crippen molar-refractivity contribution < 1.29 is 0 Å². The van der Waals surface area contributed by atoms with Crippen LogP contribution >= 0.6 is 49.9 Å². The third-order valence-corrected chi connectivity index (χ3v) is 5.03. The number of nitrogen functional groups attached to an aromatic ring is 1. The molecule has 0 fully saturated rings. The molecule has 0 radical (unpaired) electrons. The van der Waals surface area contributed by atoms with Crippen LogP contribution in [0.3, 0.4) is 0 Å². The van der Waals surface area contributed by atoms with Crippen molar-refractivity contribution in [2.75, 3.05) is 5.73 Å². The summed E-state index contributed by atoms with van der Waals surface area (Å²) in [5.74, 6) is 1.23. The van der Waals surface area contributed by atoms with Crippen LogP contribution in [0.4, 0.5) is 5.82 Å². The van der Waals surface area contributed by atoms with E-state index in [-0.39, 0.29) is 0 Å². The van der Waals surface area contributed by atoms with Gasteiger partial charge in [0.25, 0.3) is 0 Å². The molecule has 0 unspecified atom stereocenters. The van der Waals surface area contributed by atoms with Gasteiger partial charge < -0.3 is 5.73 Å². The smallest absolute Gasteiger partial charge is 0.173 e. The molecule has 0 bridgehead atoms. The molecule has 2 N–H and O–H groups in total. The zero-order valence-corrected chi connectivity index (χ0v) is 12.4. The van der Waals surface area contributed by atoms with Gasteiger partial charge in [-0.25, -0.2) is 9.97 Å². The van der Waals surface area contributed by atoms with E-state index in [1.165, 1.54) is 0 Å². The number of aromatic nitrogens is 2. The third kappa shape index (κ3) is 2.16. The minimum absolute atomic E-state index is 0.540. The first-order chi connectivity index (χ1) is 7.09. The van der Waals surface area contributed by atoms with E-state index in [2.05, 4.69) is 48.5 Å². The third-order valence-electron chi connectivity index (χ3n) is 1.86. The minimum Gasteiger partial charge on any atom is -0.383 e. The molecule has 0 amide bonds. The second-order valence-electron chi connectivity index (χ2n) is 2.93. The van der Waals surface area contributed by atoms with Crippen LogP contribution in [0.25, 0.3) is 10.7 Å². The molecule has 0 aromatic carbocycles. The lowest BCUT2D eigenvalue weighted by Crippen LogP contribution is -2.01. The van der Waals surface area contributed by atoms with Gasteiger partial charge in [0.2, 0.25) is 0 Å². The van der Waals surface area contributed by atoms with Gasteiger partial charge in [-0.1, -0.05) is 0 Å². The van der Waals surface area contributed by atoms with E-state index < -0.39 is 0 Å². The standard InChI is InChI=1S/C9H7BrIN3S/c1-4-6(11)8(12)14-9(13-4)7-5(10)2-3-15-7/h2-3H,1H3,(H2,12,13,14). The van der Waals surface area contributed by atoms with Crippen LogP contribution in [-0.4, -0.2) is 9.97 Å². The summed E-state index contributed by atoms with van der Waals surface area (Å²) in [6.45, 7) is 1.94. The Morgan fingerprint density at radius 1 is 1.47 bits per heavy atom. The molecule has 0 spiro atoms. The average Bonchev–Trinajstić information content (AvgIpc) is 2.60. The van der Waals surface area contributed by atoms with Crippen molar-refractivity contribution in [3.8, 4) is 10.7 Å². The van der Waals surface area contributed by atoms with E-state index in [1.54, 1.807) is 11.3 Å². The molecule has 2 rings (SSSR count). The van der Waals surface area contributed by atoms with E-state index >= 15 is 0 Å². The Balaban J connectivity index is 2.60. The number of anilines is 1. The van der Waals surface area contributed by atoms with Gasteiger partial charge in [-0.3, -0.25) is 0 Å². The fourth-order valence-electron chi connectivity index (χ4n) is 1.14. The molecule has 3 nitrogen and oxygen atoms in total. The van der Waals surface area contributed by atoms with Crippen LogP contribution in [0, 0.1) is 10.5 Å². The van der Waals surface area contributed by atoms with Crippen molar-refractivity contribution >= 4 is 55.7 Å². The normalized spacial score (nSPS) is 10.6. The van der Waals surface area contributed by atoms with Gasteiger partial charge in [-0.15, -0.1) is 11.3 Å². The Kier molecular flexibility index (Phi) is 3.27. The highest BCUT2D eigenvalue weighted by molar-refractivity contribution is 14.1. The first-order valence-electron chi connectivity index (χ1n) is 4.12. The summed E-state index contributed by atoms with van der Waals surface area (Å²) in [6.07, 6.45) is 0. The number of nitrogens with two attached hydrogens (primary N) is 1. The molecule has 0 aliphatic rings. The van der Waals surface area contributed by atoms with E-state index in [1.807, 2.05) is 18.4 Å². The maximum atomic E-state index is 5.81. The fourth-order valence-corrected chi connectivity index (χ4v) is 2.86. The summed E-state index contributed by atoms with van der Waals surface area (Å²) < 4.78 is 1.93. The highest BCUT2D eigenvalue weighted by atomic mass is 127. The summed E-state index contributed by atoms with van der Waals surface area (Å²) >= 11 is 7.21. The molecule has 15 heavy (non-hydrogen) atoms. The molecule has 6 heteroatoms. The second-order valence-corrected chi connectivity index (χ2v) is 5.78. The van der Waals surface area contributed by atoms with Crippen molar-refractivity contribution in [1.29, 1.82) is 0 Å². The molecule has 2 heterocycles. The fraction of sp³-hybridized carbons (Fsp3) is 0.111. The summed E-state index contributed by atoms with van der Waals surface area (Å²) in [5, 5.41) is 1.99. The zero-order valence-electron chi connectivity index (χ0n) is 7.79. The average molecular weight is 396 g/mol. The largest absolute Gasteiger partial charge is 0.383 e. The molecular formula is C9H7BrIN3S. The first-order valence-corrected chi connectivity index (χ1v) is 6.87. The number of aryl methyl sites for hydroxylation is 1. The van der Waals surface area contributed by atoms with Crippen molar-refractivity contribution in [3.63, 3.8) is 0 Å². The monoisotopic (exact) mass is 395 g/mol. The number of rotatable bonds is 1. The van der Waals surface area contributed by atoms with Gasteiger partial charge >= 0.3 is 0 Å². The molecule has 0 saturated carbocycles. The maximum Gasteiger partial charge on any atom is 0.173 e. The van der Waals surface area contributed by atoms with Gasteiger partial charge in [0.1, 0.15) is 5.82 Å². The number of hydrogen-bond acceptors (Lipinski definition) is 4. The Labute approximate surface area is 113 Å². The van der Waals surface area contributed by atoms with Gasteiger partial charge in [-0.05, 0) is 56.9 Å². The van der Waals surface area contributed by atoms with E-state index in [0.717, 1.165) is 18.6 Å². The van der Waals surface area contributed by atoms with Gasteiger partial charge in [0.05, 0.1) is 14.1 Å². The number of thiophene rings is 1. The quantitative estimate of drug-likeness (QED) is 0.752. The topological polar surface area (TPSA) is 51.8 Å². The van der Waals surface area contributed by atoms with Crippen LogP contribution in [0.1, 0.15) is 5.69 Å². The number of halogens is 2. The predicted molar refractivity (Wildman–Crippen MR) is 74.9 cm³/mol. The highest BCUT2D eigenvalue weighted by Gasteiger charge is 2.11. The lowest BCUT2D eigenvalue weighted by molar-refractivity contribution is 1.10. The first kappa shape index (κ1) is 11.3. The molecule has 0 saturated heterocycles. The van der Waals surface area contributed by atoms with Crippen molar-refractivity contribution in [2.24, 2.45) is 0 Å². The Hall–Kier alpha value is -0.210. The number of hydrogen-bond donors (Lipinski definition) is 1. The SMILES string of the molecule is Cc1nc(-c2sccc2Br)nc(N)c1I. The molecule has 78 valence electrons. The zero-order chi connectivity index (χ0) is 11.0. The summed E-state index contributed by atoms with van der Waals surface area (Å²) in [6, 6.07) is 1.98. The number of nitrogens with zero attached hydrogens (tertiary/aromatic N) is 2. The molecule has 0 aliphatic heterocycles. The predicted octanol–water partition coefficient (Wildman–Crippen LogP) is 3.46. The van der Waals surface area contributed by atoms with E-state index in [4.69, 9.17) is 5.73 Å². The van der Waals surface area contributed by atoms with Crippen molar-refractivity contribution in [1.82, 2.24) is 9.97 Å². The van der Waals surface area contributed by atoms with Crippen molar-refractivity contribution in [3.05, 3.63) is 25.2 Å². The Morgan fingerprint density at radius 3 is 2.73 bits per heavy atom. The van der Waals surface area contributed by atoms with E-state index in [0.29, 0.717) is 11.6 Å². The molecule has 0 atom stereocenters. The van der Waals surface area contributed by atoms with Crippen LogP contribution in [0.5, 0.6) is 0 Å². The second kappa shape index (κ2) is 4.34. The Bertz CT molecular complexity index is 489. The lowest BCUT2D eigenvalue weighted by atomic mass is 10.4. The molecule has 2 aromatic rings. The highest BCUT2D eigenvalue weighted by Crippen LogP contribution is 2.32. The van der Waals surface area contributed by atoms with Gasteiger partial charge in [-0.2, -0.15) is 0 Å². The summed E-state index contributed by atoms with van der Waals surface area (Å²) in [5.41, 5.74) is 6.72. The van der Waals surface area contributed by atoms with Gasteiger partial charge in [0, 0.05) is 4.47 Å². The molecule has 2 aromatic heterocycles. The lowest BCUT2D eigenvalue weighted by Gasteiger charge is -2.04. The van der Waals surface area contributed by atoms with Crippen LogP contribution in [0.2, 0.25) is 0 Å². The minimum atomic E-state index is 0.540. The Morgan fingerprint density at radius 2 is 2.20 bits per heavy atom.